The van der Waals surface area contributed by atoms with Crippen LogP contribution < -0.4 is 4.90 Å². The summed E-state index contributed by atoms with van der Waals surface area (Å²) in [7, 11) is 1.88. The van der Waals surface area contributed by atoms with Crippen LogP contribution in [0.3, 0.4) is 0 Å². The number of nitrogens with zero attached hydrogens (tertiary/aromatic N) is 3. The first-order valence-corrected chi connectivity index (χ1v) is 6.06. The Morgan fingerprint density at radius 1 is 1.32 bits per heavy atom. The van der Waals surface area contributed by atoms with Crippen LogP contribution >= 0.6 is 0 Å². The van der Waals surface area contributed by atoms with Crippen molar-refractivity contribution in [1.29, 1.82) is 0 Å². The van der Waals surface area contributed by atoms with E-state index in [-0.39, 0.29) is 6.61 Å². The maximum atomic E-state index is 13.0. The van der Waals surface area contributed by atoms with Gasteiger partial charge in [0.05, 0.1) is 12.8 Å². The highest BCUT2D eigenvalue weighted by Crippen LogP contribution is 2.17. The molecule has 0 unspecified atom stereocenters. The summed E-state index contributed by atoms with van der Waals surface area (Å²) in [6, 6.07) is 5.23. The van der Waals surface area contributed by atoms with Gasteiger partial charge in [0, 0.05) is 31.5 Å². The first kappa shape index (κ1) is 13.4. The lowest BCUT2D eigenvalue weighted by atomic mass is 10.2. The molecule has 2 heterocycles. The lowest BCUT2D eigenvalue weighted by Crippen LogP contribution is -2.23. The zero-order valence-electron chi connectivity index (χ0n) is 10.8. The number of aliphatic hydroxyl groups excluding tert-OH is 1. The normalized spacial score (nSPS) is 10.5. The molecule has 5 heteroatoms. The monoisotopic (exact) mass is 261 g/mol. The van der Waals surface area contributed by atoms with Crippen molar-refractivity contribution in [3.63, 3.8) is 0 Å². The molecule has 0 amide bonds. The van der Waals surface area contributed by atoms with Crippen LogP contribution in [0.5, 0.6) is 0 Å². The fourth-order valence-corrected chi connectivity index (χ4v) is 1.89. The molecule has 0 saturated heterocycles. The zero-order chi connectivity index (χ0) is 13.7. The number of hydrogen-bond donors (Lipinski definition) is 1. The van der Waals surface area contributed by atoms with Gasteiger partial charge in [-0.15, -0.1) is 0 Å². The molecule has 0 saturated carbocycles. The van der Waals surface area contributed by atoms with Gasteiger partial charge in [0.15, 0.2) is 0 Å². The number of aliphatic hydroxyl groups is 1. The molecule has 0 atom stereocenters. The second kappa shape index (κ2) is 6.24. The standard InChI is InChI=1S/C14H16FN3O/c1-18(7-4-11-2-5-16-6-3-11)14-12(10-19)8-13(15)9-17-14/h2-3,5-6,8-9,19H,4,7,10H2,1H3. The van der Waals surface area contributed by atoms with E-state index in [2.05, 4.69) is 9.97 Å². The van der Waals surface area contributed by atoms with E-state index in [1.54, 1.807) is 12.4 Å². The number of aromatic nitrogens is 2. The second-order valence-electron chi connectivity index (χ2n) is 4.32. The Morgan fingerprint density at radius 3 is 2.74 bits per heavy atom. The number of likely N-dealkylation sites (N-methyl/N-ethyl adjacent to an activating group) is 1. The van der Waals surface area contributed by atoms with Crippen molar-refractivity contribution < 1.29 is 9.50 Å². The Morgan fingerprint density at radius 2 is 2.05 bits per heavy atom. The predicted octanol–water partition coefficient (Wildman–Crippen LogP) is 1.79. The third-order valence-corrected chi connectivity index (χ3v) is 2.93. The number of halogens is 1. The molecule has 100 valence electrons. The molecule has 0 spiro atoms. The molecule has 0 aliphatic carbocycles. The molecule has 1 N–H and O–H groups in total. The summed E-state index contributed by atoms with van der Waals surface area (Å²) >= 11 is 0. The summed E-state index contributed by atoms with van der Waals surface area (Å²) in [6.07, 6.45) is 5.51. The molecule has 0 radical (unpaired) electrons. The Bertz CT molecular complexity index is 533. The fraction of sp³-hybridized carbons (Fsp3) is 0.286. The minimum Gasteiger partial charge on any atom is -0.392 e. The summed E-state index contributed by atoms with van der Waals surface area (Å²) < 4.78 is 13.0. The topological polar surface area (TPSA) is 49.2 Å². The van der Waals surface area contributed by atoms with Crippen molar-refractivity contribution in [2.24, 2.45) is 0 Å². The number of rotatable bonds is 5. The maximum Gasteiger partial charge on any atom is 0.142 e. The lowest BCUT2D eigenvalue weighted by Gasteiger charge is -2.20. The number of pyridine rings is 2. The van der Waals surface area contributed by atoms with Gasteiger partial charge in [0.1, 0.15) is 11.6 Å². The van der Waals surface area contributed by atoms with Crippen LogP contribution in [-0.4, -0.2) is 28.7 Å². The highest BCUT2D eigenvalue weighted by atomic mass is 19.1. The first-order valence-electron chi connectivity index (χ1n) is 6.06. The number of hydrogen-bond acceptors (Lipinski definition) is 4. The van der Waals surface area contributed by atoms with Crippen molar-refractivity contribution in [2.45, 2.75) is 13.0 Å². The van der Waals surface area contributed by atoms with Gasteiger partial charge in [0.25, 0.3) is 0 Å². The third-order valence-electron chi connectivity index (χ3n) is 2.93. The van der Waals surface area contributed by atoms with E-state index in [1.165, 1.54) is 11.6 Å². The van der Waals surface area contributed by atoms with Crippen LogP contribution in [-0.2, 0) is 13.0 Å². The lowest BCUT2D eigenvalue weighted by molar-refractivity contribution is 0.281. The SMILES string of the molecule is CN(CCc1ccncc1)c1ncc(F)cc1CO. The highest BCUT2D eigenvalue weighted by Gasteiger charge is 2.09. The van der Waals surface area contributed by atoms with Gasteiger partial charge in [-0.1, -0.05) is 0 Å². The molecule has 0 bridgehead atoms. The second-order valence-corrected chi connectivity index (χ2v) is 4.32. The van der Waals surface area contributed by atoms with Gasteiger partial charge in [-0.25, -0.2) is 9.37 Å². The molecule has 2 rings (SSSR count). The van der Waals surface area contributed by atoms with E-state index in [0.29, 0.717) is 11.4 Å². The Balaban J connectivity index is 2.05. The molecule has 0 fully saturated rings. The van der Waals surface area contributed by atoms with Gasteiger partial charge in [-0.2, -0.15) is 0 Å². The minimum atomic E-state index is -0.435. The highest BCUT2D eigenvalue weighted by molar-refractivity contribution is 5.46. The van der Waals surface area contributed by atoms with E-state index in [0.717, 1.165) is 19.2 Å². The molecule has 2 aromatic heterocycles. The van der Waals surface area contributed by atoms with Gasteiger partial charge in [0.2, 0.25) is 0 Å². The van der Waals surface area contributed by atoms with Crippen LogP contribution in [0, 0.1) is 5.82 Å². The summed E-state index contributed by atoms with van der Waals surface area (Å²) in [5.74, 6) is 0.174. The molecule has 0 aliphatic rings. The van der Waals surface area contributed by atoms with Gasteiger partial charge in [-0.3, -0.25) is 4.98 Å². The largest absolute Gasteiger partial charge is 0.392 e. The van der Waals surface area contributed by atoms with Crippen molar-refractivity contribution in [3.05, 3.63) is 53.7 Å². The Kier molecular flexibility index (Phi) is 4.41. The summed E-state index contributed by atoms with van der Waals surface area (Å²) in [5, 5.41) is 9.24. The van der Waals surface area contributed by atoms with Crippen LogP contribution in [0.25, 0.3) is 0 Å². The van der Waals surface area contributed by atoms with Crippen LogP contribution in [0.4, 0.5) is 10.2 Å². The van der Waals surface area contributed by atoms with Crippen molar-refractivity contribution in [3.8, 4) is 0 Å². The third kappa shape index (κ3) is 3.48. The Hall–Kier alpha value is -2.01. The zero-order valence-corrected chi connectivity index (χ0v) is 10.8. The molecular weight excluding hydrogens is 245 g/mol. The summed E-state index contributed by atoms with van der Waals surface area (Å²) in [4.78, 5) is 9.92. The maximum absolute atomic E-state index is 13.0. The number of anilines is 1. The first-order chi connectivity index (χ1) is 9.20. The van der Waals surface area contributed by atoms with Crippen molar-refractivity contribution >= 4 is 5.82 Å². The average Bonchev–Trinajstić information content (AvgIpc) is 2.45. The van der Waals surface area contributed by atoms with E-state index in [1.807, 2.05) is 24.1 Å². The minimum absolute atomic E-state index is 0.223. The quantitative estimate of drug-likeness (QED) is 0.891. The van der Waals surface area contributed by atoms with Crippen molar-refractivity contribution in [2.75, 3.05) is 18.5 Å². The molecule has 0 aromatic carbocycles. The molecule has 19 heavy (non-hydrogen) atoms. The van der Waals surface area contributed by atoms with E-state index >= 15 is 0 Å². The molecule has 2 aromatic rings. The average molecular weight is 261 g/mol. The summed E-state index contributed by atoms with van der Waals surface area (Å²) in [6.45, 7) is 0.509. The van der Waals surface area contributed by atoms with E-state index in [4.69, 9.17) is 0 Å². The van der Waals surface area contributed by atoms with Crippen molar-refractivity contribution in [1.82, 2.24) is 9.97 Å². The fourth-order valence-electron chi connectivity index (χ4n) is 1.89. The van der Waals surface area contributed by atoms with E-state index < -0.39 is 5.82 Å². The van der Waals surface area contributed by atoms with Gasteiger partial charge >= 0.3 is 0 Å². The van der Waals surface area contributed by atoms with E-state index in [9.17, 15) is 9.50 Å². The molecular formula is C14H16FN3O. The van der Waals surface area contributed by atoms with Gasteiger partial charge in [-0.05, 0) is 30.2 Å². The van der Waals surface area contributed by atoms with Crippen LogP contribution in [0.1, 0.15) is 11.1 Å². The predicted molar refractivity (Wildman–Crippen MR) is 71.3 cm³/mol. The summed E-state index contributed by atoms with van der Waals surface area (Å²) in [5.41, 5.74) is 1.67. The van der Waals surface area contributed by atoms with Crippen LogP contribution in [0.2, 0.25) is 0 Å². The smallest absolute Gasteiger partial charge is 0.142 e. The Labute approximate surface area is 111 Å². The van der Waals surface area contributed by atoms with Crippen LogP contribution in [0.15, 0.2) is 36.8 Å². The van der Waals surface area contributed by atoms with Gasteiger partial charge < -0.3 is 10.0 Å². The molecule has 4 nitrogen and oxygen atoms in total. The molecule has 0 aliphatic heterocycles.